The summed E-state index contributed by atoms with van der Waals surface area (Å²) in [6.07, 6.45) is 6.69. The van der Waals surface area contributed by atoms with Crippen LogP contribution in [0.4, 0.5) is 0 Å². The third-order valence-electron chi connectivity index (χ3n) is 6.14. The molecule has 0 radical (unpaired) electrons. The fraction of sp³-hybridized carbons (Fsp3) is 0.261. The van der Waals surface area contributed by atoms with Crippen molar-refractivity contribution < 1.29 is 4.79 Å². The predicted octanol–water partition coefficient (Wildman–Crippen LogP) is 2.93. The number of hydrogen-bond donors (Lipinski definition) is 2. The second-order valence-corrected chi connectivity index (χ2v) is 7.95. The topological polar surface area (TPSA) is 97.1 Å². The monoisotopic (exact) mass is 385 g/mol. The number of hydrogen-bond acceptors (Lipinski definition) is 5. The maximum atomic E-state index is 11.7. The summed E-state index contributed by atoms with van der Waals surface area (Å²) in [7, 11) is 0. The quantitative estimate of drug-likeness (QED) is 0.847. The van der Waals surface area contributed by atoms with Crippen molar-refractivity contribution in [3.8, 4) is 0 Å². The third-order valence-corrected chi connectivity index (χ3v) is 6.14. The van der Waals surface area contributed by atoms with Crippen LogP contribution in [0.1, 0.15) is 48.0 Å². The molecule has 0 spiro atoms. The van der Waals surface area contributed by atoms with Gasteiger partial charge >= 0.3 is 0 Å². The highest BCUT2D eigenvalue weighted by molar-refractivity contribution is 6.44. The summed E-state index contributed by atoms with van der Waals surface area (Å²) in [5.41, 5.74) is 15.3. The Morgan fingerprint density at radius 3 is 2.34 bits per heavy atom. The minimum Gasteiger partial charge on any atom is -0.364 e. The van der Waals surface area contributed by atoms with Gasteiger partial charge in [-0.25, -0.2) is 5.01 Å². The lowest BCUT2D eigenvalue weighted by Crippen LogP contribution is -2.43. The number of benzene rings is 2. The Morgan fingerprint density at radius 1 is 1.00 bits per heavy atom. The van der Waals surface area contributed by atoms with Gasteiger partial charge in [0.15, 0.2) is 0 Å². The van der Waals surface area contributed by atoms with E-state index in [4.69, 9.17) is 16.5 Å². The summed E-state index contributed by atoms with van der Waals surface area (Å²) in [5, 5.41) is 6.30. The molecule has 29 heavy (non-hydrogen) atoms. The van der Waals surface area contributed by atoms with Gasteiger partial charge in [-0.05, 0) is 48.1 Å². The molecular formula is C23H23N5O. The van der Waals surface area contributed by atoms with Crippen molar-refractivity contribution in [1.82, 2.24) is 5.01 Å². The van der Waals surface area contributed by atoms with Crippen LogP contribution in [0.15, 0.2) is 76.8 Å². The number of rotatable bonds is 4. The van der Waals surface area contributed by atoms with Crippen molar-refractivity contribution in [2.24, 2.45) is 21.6 Å². The molecule has 2 aliphatic heterocycles. The molecule has 4 N–H and O–H groups in total. The Kier molecular flexibility index (Phi) is 4.10. The Hall–Kier alpha value is -3.25. The first-order valence-corrected chi connectivity index (χ1v) is 9.93. The van der Waals surface area contributed by atoms with Crippen molar-refractivity contribution in [1.29, 1.82) is 0 Å². The molecular weight excluding hydrogens is 362 g/mol. The first-order chi connectivity index (χ1) is 14.0. The molecule has 1 aliphatic carbocycles. The lowest BCUT2D eigenvalue weighted by atomic mass is 9.72. The summed E-state index contributed by atoms with van der Waals surface area (Å²) < 4.78 is 0. The number of fused-ring (bicyclic) bond motifs is 1. The number of amides is 1. The molecule has 6 heteroatoms. The average molecular weight is 385 g/mol. The number of hydrazone groups is 1. The number of nitrogens with zero attached hydrogens (tertiary/aromatic N) is 3. The van der Waals surface area contributed by atoms with Gasteiger partial charge < -0.3 is 11.5 Å². The van der Waals surface area contributed by atoms with Crippen molar-refractivity contribution in [3.05, 3.63) is 83.4 Å². The zero-order chi connectivity index (χ0) is 20.0. The normalized spacial score (nSPS) is 24.4. The fourth-order valence-electron chi connectivity index (χ4n) is 4.30. The van der Waals surface area contributed by atoms with E-state index >= 15 is 0 Å². The predicted molar refractivity (Wildman–Crippen MR) is 113 cm³/mol. The molecule has 5 rings (SSSR count). The third kappa shape index (κ3) is 2.96. The molecule has 6 nitrogen and oxygen atoms in total. The van der Waals surface area contributed by atoms with Gasteiger partial charge in [-0.2, -0.15) is 5.10 Å². The highest BCUT2D eigenvalue weighted by Gasteiger charge is 2.40. The molecule has 2 unspecified atom stereocenters. The number of carbonyl (C=O) groups excluding carboxylic acids is 1. The molecule has 0 saturated heterocycles. The van der Waals surface area contributed by atoms with Gasteiger partial charge in [-0.3, -0.25) is 9.79 Å². The molecule has 2 aromatic carbocycles. The molecule has 3 aliphatic rings. The van der Waals surface area contributed by atoms with Gasteiger partial charge in [0.1, 0.15) is 23.6 Å². The summed E-state index contributed by atoms with van der Waals surface area (Å²) in [6, 6.07) is 18.3. The van der Waals surface area contributed by atoms with Gasteiger partial charge in [0.2, 0.25) is 0 Å². The Morgan fingerprint density at radius 2 is 1.72 bits per heavy atom. The van der Waals surface area contributed by atoms with Gasteiger partial charge in [0, 0.05) is 5.54 Å². The summed E-state index contributed by atoms with van der Waals surface area (Å²) in [4.78, 5) is 16.6. The lowest BCUT2D eigenvalue weighted by Gasteiger charge is -2.38. The van der Waals surface area contributed by atoms with Crippen LogP contribution >= 0.6 is 0 Å². The van der Waals surface area contributed by atoms with Crippen LogP contribution in [-0.2, 0) is 10.3 Å². The number of nitrogens with two attached hydrogens (primary N) is 2. The highest BCUT2D eigenvalue weighted by atomic mass is 16.1. The smallest absolute Gasteiger partial charge is 0.269 e. The minimum absolute atomic E-state index is 0.141. The summed E-state index contributed by atoms with van der Waals surface area (Å²) in [6.45, 7) is 0. The SMILES string of the molecule is NC(=O)C1=NN2C(=NC(c3ccc(C4(N)CCC4)cc3)C2c2ccccc2)C=C1. The Balaban J connectivity index is 1.54. The average Bonchev–Trinajstić information content (AvgIpc) is 3.11. The van der Waals surface area contributed by atoms with Crippen molar-refractivity contribution in [3.63, 3.8) is 0 Å². The van der Waals surface area contributed by atoms with Crippen LogP contribution in [0.2, 0.25) is 0 Å². The van der Waals surface area contributed by atoms with E-state index < -0.39 is 5.91 Å². The van der Waals surface area contributed by atoms with Crippen molar-refractivity contribution >= 4 is 17.5 Å². The Labute approximate surface area is 169 Å². The minimum atomic E-state index is -0.548. The van der Waals surface area contributed by atoms with E-state index in [1.807, 2.05) is 23.2 Å². The van der Waals surface area contributed by atoms with E-state index in [2.05, 4.69) is 41.5 Å². The van der Waals surface area contributed by atoms with E-state index in [1.165, 1.54) is 12.0 Å². The van der Waals surface area contributed by atoms with Crippen LogP contribution in [0.5, 0.6) is 0 Å². The molecule has 2 atom stereocenters. The van der Waals surface area contributed by atoms with E-state index in [1.54, 1.807) is 12.2 Å². The maximum absolute atomic E-state index is 11.7. The molecule has 1 saturated carbocycles. The second-order valence-electron chi connectivity index (χ2n) is 7.95. The van der Waals surface area contributed by atoms with Gasteiger partial charge in [0.05, 0.1) is 0 Å². The summed E-state index contributed by atoms with van der Waals surface area (Å²) >= 11 is 0. The van der Waals surface area contributed by atoms with Crippen LogP contribution in [0.3, 0.4) is 0 Å². The molecule has 2 aromatic rings. The second kappa shape index (κ2) is 6.67. The fourth-order valence-corrected chi connectivity index (χ4v) is 4.30. The molecule has 1 fully saturated rings. The van der Waals surface area contributed by atoms with Gasteiger partial charge in [-0.15, -0.1) is 0 Å². The van der Waals surface area contributed by atoms with E-state index in [9.17, 15) is 4.79 Å². The van der Waals surface area contributed by atoms with E-state index in [0.29, 0.717) is 0 Å². The van der Waals surface area contributed by atoms with Gasteiger partial charge in [0.25, 0.3) is 5.91 Å². The van der Waals surface area contributed by atoms with Crippen LogP contribution in [-0.4, -0.2) is 22.5 Å². The number of amidine groups is 1. The zero-order valence-corrected chi connectivity index (χ0v) is 16.0. The zero-order valence-electron chi connectivity index (χ0n) is 16.0. The lowest BCUT2D eigenvalue weighted by molar-refractivity contribution is -0.112. The van der Waals surface area contributed by atoms with Gasteiger partial charge in [-0.1, -0.05) is 54.6 Å². The highest BCUT2D eigenvalue weighted by Crippen LogP contribution is 2.44. The number of primary amides is 1. The molecule has 0 bridgehead atoms. The van der Waals surface area contributed by atoms with Crippen LogP contribution in [0.25, 0.3) is 0 Å². The van der Waals surface area contributed by atoms with Crippen LogP contribution < -0.4 is 11.5 Å². The van der Waals surface area contributed by atoms with Crippen LogP contribution in [0, 0.1) is 0 Å². The molecule has 2 heterocycles. The molecule has 146 valence electrons. The van der Waals surface area contributed by atoms with Crippen molar-refractivity contribution in [2.45, 2.75) is 36.9 Å². The van der Waals surface area contributed by atoms with E-state index in [0.717, 1.165) is 29.8 Å². The Bertz CT molecular complexity index is 1030. The molecule has 1 amide bonds. The molecule has 0 aromatic heterocycles. The van der Waals surface area contributed by atoms with E-state index in [-0.39, 0.29) is 23.3 Å². The van der Waals surface area contributed by atoms with Crippen molar-refractivity contribution in [2.75, 3.05) is 0 Å². The maximum Gasteiger partial charge on any atom is 0.269 e. The first-order valence-electron chi connectivity index (χ1n) is 9.93. The summed E-state index contributed by atoms with van der Waals surface area (Å²) in [5.74, 6) is 0.181. The standard InChI is InChI=1S/C23H23N5O/c24-22(29)18-11-12-19-26-20(21(28(19)27-18)16-5-2-1-3-6-16)15-7-9-17(10-8-15)23(25)13-4-14-23/h1-3,5-12,20-21H,4,13-14,25H2,(H2,24,29). The largest absolute Gasteiger partial charge is 0.364 e. The number of aliphatic imine (C=N–C) groups is 1. The first kappa shape index (κ1) is 17.8. The number of carbonyl (C=O) groups is 1.